The zero-order valence-electron chi connectivity index (χ0n) is 15.6. The summed E-state index contributed by atoms with van der Waals surface area (Å²) in [6.07, 6.45) is 1.95. The molecule has 5 rings (SSSR count). The number of nitrogens with two attached hydrogens (primary N) is 1. The van der Waals surface area contributed by atoms with Gasteiger partial charge in [0.2, 0.25) is 5.91 Å². The predicted octanol–water partition coefficient (Wildman–Crippen LogP) is 3.59. The van der Waals surface area contributed by atoms with Crippen LogP contribution in [0.1, 0.15) is 37.0 Å². The van der Waals surface area contributed by atoms with E-state index in [1.165, 1.54) is 27.8 Å². The number of primary amides is 1. The van der Waals surface area contributed by atoms with Gasteiger partial charge < -0.3 is 5.73 Å². The van der Waals surface area contributed by atoms with E-state index in [0.29, 0.717) is 5.92 Å². The Balaban J connectivity index is 1.37. The number of amides is 1. The smallest absolute Gasteiger partial charge is 0.225 e. The van der Waals surface area contributed by atoms with E-state index >= 15 is 0 Å². The van der Waals surface area contributed by atoms with Crippen LogP contribution in [0.3, 0.4) is 0 Å². The Morgan fingerprint density at radius 2 is 1.92 bits per heavy atom. The van der Waals surface area contributed by atoms with E-state index in [4.69, 9.17) is 5.73 Å². The molecule has 2 atom stereocenters. The predicted molar refractivity (Wildman–Crippen MR) is 103 cm³/mol. The van der Waals surface area contributed by atoms with E-state index in [0.717, 1.165) is 32.5 Å². The summed E-state index contributed by atoms with van der Waals surface area (Å²) in [6.45, 7) is 7.25. The first-order valence-electron chi connectivity index (χ1n) is 9.61. The van der Waals surface area contributed by atoms with Crippen molar-refractivity contribution in [3.8, 4) is 11.1 Å². The van der Waals surface area contributed by atoms with Crippen molar-refractivity contribution in [2.24, 2.45) is 22.5 Å². The SMILES string of the molecule is CC1(C)C[C@]2(C(N)=O)CN(Cc3ccc4c(c3)Cc3ccccc3-4)C[C@H]12. The van der Waals surface area contributed by atoms with E-state index < -0.39 is 0 Å². The number of rotatable bonds is 3. The van der Waals surface area contributed by atoms with Crippen LogP contribution < -0.4 is 5.73 Å². The normalized spacial score (nSPS) is 28.2. The Bertz CT molecular complexity index is 916. The van der Waals surface area contributed by atoms with Crippen LogP contribution in [-0.4, -0.2) is 23.9 Å². The third kappa shape index (κ3) is 2.13. The molecule has 2 aromatic rings. The van der Waals surface area contributed by atoms with Crippen LogP contribution in [0.4, 0.5) is 0 Å². The van der Waals surface area contributed by atoms with Crippen LogP contribution in [0, 0.1) is 16.7 Å². The fraction of sp³-hybridized carbons (Fsp3) is 0.435. The van der Waals surface area contributed by atoms with Crippen LogP contribution in [-0.2, 0) is 17.8 Å². The van der Waals surface area contributed by atoms with Crippen molar-refractivity contribution in [2.45, 2.75) is 33.2 Å². The van der Waals surface area contributed by atoms with Gasteiger partial charge in [0.05, 0.1) is 5.41 Å². The molecule has 2 fully saturated rings. The molecule has 26 heavy (non-hydrogen) atoms. The van der Waals surface area contributed by atoms with E-state index in [-0.39, 0.29) is 16.7 Å². The lowest BCUT2D eigenvalue weighted by atomic mass is 9.48. The summed E-state index contributed by atoms with van der Waals surface area (Å²) in [5, 5.41) is 0. The maximum atomic E-state index is 12.1. The molecule has 1 saturated carbocycles. The second-order valence-electron chi connectivity index (χ2n) is 9.23. The molecule has 0 unspecified atom stereocenters. The molecule has 0 aromatic heterocycles. The zero-order valence-corrected chi connectivity index (χ0v) is 15.6. The first kappa shape index (κ1) is 16.1. The van der Waals surface area contributed by atoms with Crippen LogP contribution in [0.15, 0.2) is 42.5 Å². The second-order valence-corrected chi connectivity index (χ2v) is 9.23. The number of fused-ring (bicyclic) bond motifs is 4. The Hall–Kier alpha value is -2.13. The molecule has 3 nitrogen and oxygen atoms in total. The molecule has 2 N–H and O–H groups in total. The Labute approximate surface area is 155 Å². The van der Waals surface area contributed by atoms with Crippen LogP contribution >= 0.6 is 0 Å². The molecular weight excluding hydrogens is 320 g/mol. The minimum absolute atomic E-state index is 0.103. The number of carbonyl (C=O) groups is 1. The van der Waals surface area contributed by atoms with Gasteiger partial charge in [-0.1, -0.05) is 56.3 Å². The fourth-order valence-electron chi connectivity index (χ4n) is 6.00. The second kappa shape index (κ2) is 5.20. The maximum Gasteiger partial charge on any atom is 0.225 e. The van der Waals surface area contributed by atoms with Crippen molar-refractivity contribution < 1.29 is 4.79 Å². The standard InChI is InChI=1S/C23H26N2O/c1-22(2)13-23(21(24)26)14-25(12-20(22)23)11-15-7-8-19-17(9-15)10-16-5-3-4-6-18(16)19/h3-9,20H,10-14H2,1-2H3,(H2,24,26)/t20-,23+/m1/s1. The van der Waals surface area contributed by atoms with E-state index in [9.17, 15) is 4.79 Å². The largest absolute Gasteiger partial charge is 0.369 e. The molecule has 2 aliphatic carbocycles. The highest BCUT2D eigenvalue weighted by Crippen LogP contribution is 2.62. The minimum Gasteiger partial charge on any atom is -0.369 e. The van der Waals surface area contributed by atoms with Crippen molar-refractivity contribution in [3.05, 3.63) is 59.2 Å². The Kier molecular flexibility index (Phi) is 3.21. The number of hydrogen-bond donors (Lipinski definition) is 1. The van der Waals surface area contributed by atoms with Gasteiger partial charge in [-0.25, -0.2) is 0 Å². The van der Waals surface area contributed by atoms with Gasteiger partial charge in [-0.15, -0.1) is 0 Å². The summed E-state index contributed by atoms with van der Waals surface area (Å²) in [6, 6.07) is 15.6. The van der Waals surface area contributed by atoms with Crippen molar-refractivity contribution in [3.63, 3.8) is 0 Å². The molecule has 1 saturated heterocycles. The molecule has 3 heteroatoms. The first-order chi connectivity index (χ1) is 12.4. The Morgan fingerprint density at radius 3 is 2.65 bits per heavy atom. The average molecular weight is 346 g/mol. The topological polar surface area (TPSA) is 46.3 Å². The lowest BCUT2D eigenvalue weighted by Crippen LogP contribution is -2.59. The molecule has 0 spiro atoms. The van der Waals surface area contributed by atoms with Gasteiger partial charge in [0, 0.05) is 19.6 Å². The summed E-state index contributed by atoms with van der Waals surface area (Å²) in [4.78, 5) is 14.6. The Morgan fingerprint density at radius 1 is 1.15 bits per heavy atom. The van der Waals surface area contributed by atoms with Crippen LogP contribution in [0.2, 0.25) is 0 Å². The first-order valence-corrected chi connectivity index (χ1v) is 9.61. The number of benzene rings is 2. The van der Waals surface area contributed by atoms with E-state index in [2.05, 4.69) is 61.2 Å². The highest BCUT2D eigenvalue weighted by molar-refractivity contribution is 5.83. The van der Waals surface area contributed by atoms with Gasteiger partial charge in [0.1, 0.15) is 0 Å². The third-order valence-electron chi connectivity index (χ3n) is 7.08. The molecule has 0 radical (unpaired) electrons. The zero-order chi connectivity index (χ0) is 18.1. The van der Waals surface area contributed by atoms with Crippen LogP contribution in [0.25, 0.3) is 11.1 Å². The van der Waals surface area contributed by atoms with Crippen molar-refractivity contribution in [2.75, 3.05) is 13.1 Å². The maximum absolute atomic E-state index is 12.1. The summed E-state index contributed by atoms with van der Waals surface area (Å²) >= 11 is 0. The number of likely N-dealkylation sites (tertiary alicyclic amines) is 1. The van der Waals surface area contributed by atoms with E-state index in [1.54, 1.807) is 0 Å². The van der Waals surface area contributed by atoms with Gasteiger partial charge >= 0.3 is 0 Å². The van der Waals surface area contributed by atoms with Gasteiger partial charge in [0.25, 0.3) is 0 Å². The average Bonchev–Trinajstić information content (AvgIpc) is 3.11. The van der Waals surface area contributed by atoms with Crippen LogP contribution in [0.5, 0.6) is 0 Å². The van der Waals surface area contributed by atoms with E-state index in [1.807, 2.05) is 0 Å². The highest BCUT2D eigenvalue weighted by Gasteiger charge is 2.65. The summed E-state index contributed by atoms with van der Waals surface area (Å²) in [7, 11) is 0. The van der Waals surface area contributed by atoms with Gasteiger partial charge in [-0.2, -0.15) is 0 Å². The summed E-state index contributed by atoms with van der Waals surface area (Å²) in [5.74, 6) is 0.292. The summed E-state index contributed by atoms with van der Waals surface area (Å²) in [5.41, 5.74) is 12.7. The third-order valence-corrected chi connectivity index (χ3v) is 7.08. The quantitative estimate of drug-likeness (QED) is 0.788. The summed E-state index contributed by atoms with van der Waals surface area (Å²) < 4.78 is 0. The highest BCUT2D eigenvalue weighted by atomic mass is 16.1. The molecule has 1 aliphatic heterocycles. The lowest BCUT2D eigenvalue weighted by molar-refractivity contribution is -0.148. The fourth-order valence-corrected chi connectivity index (χ4v) is 6.00. The molecule has 134 valence electrons. The van der Waals surface area contributed by atoms with Crippen molar-refractivity contribution in [1.29, 1.82) is 0 Å². The molecule has 2 aromatic carbocycles. The molecule has 1 heterocycles. The number of carbonyl (C=O) groups excluding carboxylic acids is 1. The minimum atomic E-state index is -0.295. The molecular formula is C23H26N2O. The lowest BCUT2D eigenvalue weighted by Gasteiger charge is -2.54. The van der Waals surface area contributed by atoms with Gasteiger partial charge in [0.15, 0.2) is 0 Å². The molecule has 0 bridgehead atoms. The number of nitrogens with zero attached hydrogens (tertiary/aromatic N) is 1. The van der Waals surface area contributed by atoms with Gasteiger partial charge in [-0.05, 0) is 52.0 Å². The monoisotopic (exact) mass is 346 g/mol. The van der Waals surface area contributed by atoms with Crippen molar-refractivity contribution in [1.82, 2.24) is 4.90 Å². The van der Waals surface area contributed by atoms with Crippen molar-refractivity contribution >= 4 is 5.91 Å². The molecule has 3 aliphatic rings. The van der Waals surface area contributed by atoms with Gasteiger partial charge in [-0.3, -0.25) is 9.69 Å². The molecule has 1 amide bonds. The number of hydrogen-bond acceptors (Lipinski definition) is 2.